The van der Waals surface area contributed by atoms with Crippen LogP contribution < -0.4 is 0 Å². The first-order valence-electron chi connectivity index (χ1n) is 6.98. The lowest BCUT2D eigenvalue weighted by molar-refractivity contribution is -0.0383. The Balaban J connectivity index is 1.91. The van der Waals surface area contributed by atoms with Crippen molar-refractivity contribution in [1.29, 1.82) is 10.5 Å². The second-order valence-electron chi connectivity index (χ2n) is 5.52. The van der Waals surface area contributed by atoms with E-state index >= 15 is 0 Å². The molecule has 4 nitrogen and oxygen atoms in total. The van der Waals surface area contributed by atoms with Gasteiger partial charge in [-0.15, -0.1) is 0 Å². The average Bonchev–Trinajstić information content (AvgIpc) is 2.57. The predicted molar refractivity (Wildman–Crippen MR) is 74.7 cm³/mol. The van der Waals surface area contributed by atoms with Crippen molar-refractivity contribution in [2.24, 2.45) is 17.3 Å². The van der Waals surface area contributed by atoms with E-state index < -0.39 is 17.5 Å². The zero-order valence-electron chi connectivity index (χ0n) is 11.4. The van der Waals surface area contributed by atoms with Crippen LogP contribution in [0.4, 0.5) is 0 Å². The molecule has 0 N–H and O–H groups in total. The van der Waals surface area contributed by atoms with Gasteiger partial charge in [0.1, 0.15) is 6.10 Å². The van der Waals surface area contributed by atoms with E-state index in [1.54, 1.807) is 24.3 Å². The molecular formula is C17H14N2O2. The molecule has 0 radical (unpaired) electrons. The van der Waals surface area contributed by atoms with Crippen LogP contribution in [-0.2, 0) is 4.74 Å². The van der Waals surface area contributed by atoms with Crippen molar-refractivity contribution in [3.05, 3.63) is 48.0 Å². The summed E-state index contributed by atoms with van der Waals surface area (Å²) >= 11 is 0. The van der Waals surface area contributed by atoms with Crippen LogP contribution in [-0.4, -0.2) is 12.1 Å². The molecule has 0 amide bonds. The summed E-state index contributed by atoms with van der Waals surface area (Å²) in [5.41, 5.74) is -0.824. The zero-order chi connectivity index (χ0) is 14.9. The molecule has 2 bridgehead atoms. The third kappa shape index (κ3) is 2.00. The SMILES string of the molecule is N#CC1(C#N)C2C=CC(CC2)C1OC(=O)c1ccccc1. The Morgan fingerprint density at radius 2 is 1.86 bits per heavy atom. The summed E-state index contributed by atoms with van der Waals surface area (Å²) in [5, 5.41) is 19.0. The average molecular weight is 278 g/mol. The van der Waals surface area contributed by atoms with Crippen LogP contribution >= 0.6 is 0 Å². The highest BCUT2D eigenvalue weighted by Crippen LogP contribution is 2.50. The normalized spacial score (nSPS) is 28.4. The Morgan fingerprint density at radius 1 is 1.14 bits per heavy atom. The minimum Gasteiger partial charge on any atom is -0.455 e. The first kappa shape index (κ1) is 13.4. The minimum absolute atomic E-state index is 0.0537. The van der Waals surface area contributed by atoms with Crippen molar-refractivity contribution >= 4 is 5.97 Å². The molecular weight excluding hydrogens is 264 g/mol. The molecule has 0 aliphatic heterocycles. The van der Waals surface area contributed by atoms with Gasteiger partial charge in [-0.2, -0.15) is 10.5 Å². The van der Waals surface area contributed by atoms with Gasteiger partial charge in [-0.05, 0) is 25.0 Å². The highest BCUT2D eigenvalue weighted by atomic mass is 16.5. The monoisotopic (exact) mass is 278 g/mol. The molecule has 0 heterocycles. The summed E-state index contributed by atoms with van der Waals surface area (Å²) in [4.78, 5) is 12.2. The Bertz CT molecular complexity index is 652. The number of hydrogen-bond donors (Lipinski definition) is 0. The van der Waals surface area contributed by atoms with E-state index in [-0.39, 0.29) is 11.8 Å². The first-order chi connectivity index (χ1) is 10.2. The van der Waals surface area contributed by atoms with Crippen LogP contribution in [0.3, 0.4) is 0 Å². The molecule has 0 spiro atoms. The molecule has 1 fully saturated rings. The van der Waals surface area contributed by atoms with Crippen LogP contribution in [0.15, 0.2) is 42.5 Å². The van der Waals surface area contributed by atoms with Crippen LogP contribution in [0.25, 0.3) is 0 Å². The van der Waals surface area contributed by atoms with Gasteiger partial charge in [-0.25, -0.2) is 4.79 Å². The fourth-order valence-corrected chi connectivity index (χ4v) is 3.28. The number of carbonyl (C=O) groups is 1. The number of benzene rings is 1. The lowest BCUT2D eigenvalue weighted by Gasteiger charge is -2.45. The van der Waals surface area contributed by atoms with Gasteiger partial charge in [-0.3, -0.25) is 0 Å². The topological polar surface area (TPSA) is 73.9 Å². The molecule has 0 aromatic heterocycles. The number of hydrogen-bond acceptors (Lipinski definition) is 4. The zero-order valence-corrected chi connectivity index (χ0v) is 11.4. The summed E-state index contributed by atoms with van der Waals surface area (Å²) in [5.74, 6) is -0.690. The first-order valence-corrected chi connectivity index (χ1v) is 6.98. The molecule has 4 rings (SSSR count). The molecule has 21 heavy (non-hydrogen) atoms. The minimum atomic E-state index is -1.26. The van der Waals surface area contributed by atoms with E-state index in [0.717, 1.165) is 12.8 Å². The maximum absolute atomic E-state index is 12.2. The van der Waals surface area contributed by atoms with E-state index in [9.17, 15) is 15.3 Å². The van der Waals surface area contributed by atoms with Gasteiger partial charge in [0.2, 0.25) is 0 Å². The second-order valence-corrected chi connectivity index (χ2v) is 5.52. The van der Waals surface area contributed by atoms with E-state index in [0.29, 0.717) is 5.56 Å². The van der Waals surface area contributed by atoms with Gasteiger partial charge in [-0.1, -0.05) is 30.4 Å². The Labute approximate surface area is 123 Å². The van der Waals surface area contributed by atoms with Crippen molar-refractivity contribution < 1.29 is 9.53 Å². The highest BCUT2D eigenvalue weighted by molar-refractivity contribution is 5.89. The lowest BCUT2D eigenvalue weighted by Crippen LogP contribution is -2.51. The van der Waals surface area contributed by atoms with Crippen LogP contribution in [0, 0.1) is 39.9 Å². The quantitative estimate of drug-likeness (QED) is 0.616. The van der Waals surface area contributed by atoms with Gasteiger partial charge in [0, 0.05) is 11.8 Å². The van der Waals surface area contributed by atoms with Gasteiger partial charge >= 0.3 is 5.97 Å². The molecule has 3 unspecified atom stereocenters. The molecule has 1 aromatic rings. The van der Waals surface area contributed by atoms with Crippen molar-refractivity contribution in [1.82, 2.24) is 0 Å². The second kappa shape index (κ2) is 5.07. The van der Waals surface area contributed by atoms with Crippen molar-refractivity contribution in [3.63, 3.8) is 0 Å². The number of nitrogens with zero attached hydrogens (tertiary/aromatic N) is 2. The molecule has 3 aliphatic rings. The van der Waals surface area contributed by atoms with Crippen LogP contribution in [0.5, 0.6) is 0 Å². The third-order valence-electron chi connectivity index (χ3n) is 4.44. The number of nitriles is 2. The van der Waals surface area contributed by atoms with Gasteiger partial charge in [0.25, 0.3) is 0 Å². The van der Waals surface area contributed by atoms with Crippen LogP contribution in [0.2, 0.25) is 0 Å². The number of rotatable bonds is 2. The molecule has 104 valence electrons. The molecule has 0 saturated heterocycles. The fourth-order valence-electron chi connectivity index (χ4n) is 3.28. The summed E-state index contributed by atoms with van der Waals surface area (Å²) in [6.45, 7) is 0. The van der Waals surface area contributed by atoms with E-state index in [1.165, 1.54) is 0 Å². The summed E-state index contributed by atoms with van der Waals surface area (Å²) in [6, 6.07) is 12.9. The Kier molecular flexibility index (Phi) is 3.23. The van der Waals surface area contributed by atoms with E-state index in [4.69, 9.17) is 4.74 Å². The standard InChI is InChI=1S/C17H14N2O2/c18-10-17(11-19)14-8-6-12(7-9-14)15(17)21-16(20)13-4-2-1-3-5-13/h1-6,8,12,14-15H,7,9H2. The van der Waals surface area contributed by atoms with Crippen molar-refractivity contribution in [2.45, 2.75) is 18.9 Å². The number of ether oxygens (including phenoxy) is 1. The molecule has 1 saturated carbocycles. The highest BCUT2D eigenvalue weighted by Gasteiger charge is 2.56. The van der Waals surface area contributed by atoms with E-state index in [1.807, 2.05) is 18.2 Å². The summed E-state index contributed by atoms with van der Waals surface area (Å²) in [7, 11) is 0. The smallest absolute Gasteiger partial charge is 0.338 e. The van der Waals surface area contributed by atoms with Gasteiger partial charge in [0.05, 0.1) is 17.7 Å². The molecule has 4 heteroatoms. The Hall–Kier alpha value is -2.59. The largest absolute Gasteiger partial charge is 0.455 e. The number of carbonyl (C=O) groups excluding carboxylic acids is 1. The van der Waals surface area contributed by atoms with Gasteiger partial charge in [0.15, 0.2) is 5.41 Å². The maximum atomic E-state index is 12.2. The molecule has 3 aliphatic carbocycles. The summed E-state index contributed by atoms with van der Waals surface area (Å²) < 4.78 is 5.57. The molecule has 1 aromatic carbocycles. The fraction of sp³-hybridized carbons (Fsp3) is 0.353. The molecule has 3 atom stereocenters. The number of esters is 1. The van der Waals surface area contributed by atoms with Crippen molar-refractivity contribution in [3.8, 4) is 12.1 Å². The predicted octanol–water partition coefficient (Wildman–Crippen LogP) is 2.84. The summed E-state index contributed by atoms with van der Waals surface area (Å²) in [6.07, 6.45) is 4.85. The third-order valence-corrected chi connectivity index (χ3v) is 4.44. The number of allylic oxidation sites excluding steroid dienone is 1. The number of fused-ring (bicyclic) bond motifs is 2. The van der Waals surface area contributed by atoms with E-state index in [2.05, 4.69) is 12.1 Å². The van der Waals surface area contributed by atoms with Crippen LogP contribution in [0.1, 0.15) is 23.2 Å². The Morgan fingerprint density at radius 3 is 2.43 bits per heavy atom. The van der Waals surface area contributed by atoms with Crippen molar-refractivity contribution in [2.75, 3.05) is 0 Å². The lowest BCUT2D eigenvalue weighted by atomic mass is 9.58. The van der Waals surface area contributed by atoms with Gasteiger partial charge < -0.3 is 4.74 Å². The maximum Gasteiger partial charge on any atom is 0.338 e.